The van der Waals surface area contributed by atoms with Gasteiger partial charge in [0.1, 0.15) is 0 Å². The van der Waals surface area contributed by atoms with Crippen LogP contribution in [-0.4, -0.2) is 6.61 Å². The minimum Gasteiger partial charge on any atom is -0.488 e. The standard InChI is InChI=1S/C12H16OS/c1-3-4-10-13-11(2)14-12-8-6-5-7-9-12/h5-9H,2-4,10H2,1H3. The normalized spacial score (nSPS) is 9.79. The molecule has 0 spiro atoms. The Morgan fingerprint density at radius 3 is 2.71 bits per heavy atom. The maximum absolute atomic E-state index is 5.45. The lowest BCUT2D eigenvalue weighted by atomic mass is 10.4. The SMILES string of the molecule is C=C(OCCCC)Sc1ccccc1. The lowest BCUT2D eigenvalue weighted by molar-refractivity contribution is 0.234. The molecule has 0 aliphatic carbocycles. The second-order valence-electron chi connectivity index (χ2n) is 2.99. The lowest BCUT2D eigenvalue weighted by Crippen LogP contribution is -1.90. The molecule has 0 amide bonds. The van der Waals surface area contributed by atoms with Crippen molar-refractivity contribution in [2.75, 3.05) is 6.61 Å². The van der Waals surface area contributed by atoms with E-state index in [1.54, 1.807) is 11.8 Å². The average molecular weight is 208 g/mol. The minimum atomic E-state index is 0.773. The zero-order valence-electron chi connectivity index (χ0n) is 8.53. The van der Waals surface area contributed by atoms with Crippen LogP contribution in [0.15, 0.2) is 46.9 Å². The summed E-state index contributed by atoms with van der Waals surface area (Å²) in [7, 11) is 0. The molecule has 0 aliphatic heterocycles. The molecule has 0 aliphatic rings. The number of unbranched alkanes of at least 4 members (excludes halogenated alkanes) is 1. The molecule has 0 unspecified atom stereocenters. The summed E-state index contributed by atoms with van der Waals surface area (Å²) in [6.07, 6.45) is 2.25. The zero-order valence-corrected chi connectivity index (χ0v) is 9.35. The van der Waals surface area contributed by atoms with Crippen LogP contribution in [0.3, 0.4) is 0 Å². The monoisotopic (exact) mass is 208 g/mol. The van der Waals surface area contributed by atoms with Crippen LogP contribution in [0.25, 0.3) is 0 Å². The topological polar surface area (TPSA) is 9.23 Å². The molecule has 0 aromatic heterocycles. The Kier molecular flexibility index (Phi) is 5.23. The van der Waals surface area contributed by atoms with E-state index in [0.29, 0.717) is 0 Å². The number of thioether (sulfide) groups is 1. The Labute approximate surface area is 90.2 Å². The maximum atomic E-state index is 5.45. The van der Waals surface area contributed by atoms with E-state index in [2.05, 4.69) is 25.6 Å². The minimum absolute atomic E-state index is 0.773. The molecule has 0 saturated carbocycles. The number of hydrogen-bond acceptors (Lipinski definition) is 2. The fourth-order valence-corrected chi connectivity index (χ4v) is 1.68. The van der Waals surface area contributed by atoms with Crippen molar-refractivity contribution in [2.24, 2.45) is 0 Å². The van der Waals surface area contributed by atoms with E-state index in [4.69, 9.17) is 4.74 Å². The van der Waals surface area contributed by atoms with Gasteiger partial charge in [0.2, 0.25) is 0 Å². The summed E-state index contributed by atoms with van der Waals surface area (Å²) < 4.78 is 5.45. The van der Waals surface area contributed by atoms with Gasteiger partial charge in [-0.1, -0.05) is 43.3 Å². The van der Waals surface area contributed by atoms with E-state index in [-0.39, 0.29) is 0 Å². The number of hydrogen-bond donors (Lipinski definition) is 0. The predicted octanol–water partition coefficient (Wildman–Crippen LogP) is 4.07. The van der Waals surface area contributed by atoms with Gasteiger partial charge in [-0.15, -0.1) is 0 Å². The molecule has 0 N–H and O–H groups in total. The molecule has 0 saturated heterocycles. The van der Waals surface area contributed by atoms with Crippen LogP contribution in [0.2, 0.25) is 0 Å². The highest BCUT2D eigenvalue weighted by Gasteiger charge is 1.97. The van der Waals surface area contributed by atoms with Crippen LogP contribution in [0.1, 0.15) is 19.8 Å². The maximum Gasteiger partial charge on any atom is 0.150 e. The van der Waals surface area contributed by atoms with Gasteiger partial charge in [-0.25, -0.2) is 0 Å². The lowest BCUT2D eigenvalue weighted by Gasteiger charge is -2.07. The first-order chi connectivity index (χ1) is 6.83. The van der Waals surface area contributed by atoms with Crippen LogP contribution in [0.5, 0.6) is 0 Å². The fourth-order valence-electron chi connectivity index (χ4n) is 0.980. The fraction of sp³-hybridized carbons (Fsp3) is 0.333. The Morgan fingerprint density at radius 1 is 1.36 bits per heavy atom. The van der Waals surface area contributed by atoms with Crippen molar-refractivity contribution in [3.05, 3.63) is 42.0 Å². The van der Waals surface area contributed by atoms with E-state index < -0.39 is 0 Å². The molecule has 1 aromatic rings. The largest absolute Gasteiger partial charge is 0.488 e. The van der Waals surface area contributed by atoms with Gasteiger partial charge in [0.05, 0.1) is 6.61 Å². The predicted molar refractivity (Wildman–Crippen MR) is 62.3 cm³/mol. The van der Waals surface area contributed by atoms with Gasteiger partial charge >= 0.3 is 0 Å². The van der Waals surface area contributed by atoms with Crippen molar-refractivity contribution in [3.63, 3.8) is 0 Å². The molecule has 14 heavy (non-hydrogen) atoms. The molecule has 0 fully saturated rings. The molecular formula is C12H16OS. The van der Waals surface area contributed by atoms with Crippen LogP contribution in [0.4, 0.5) is 0 Å². The molecule has 1 rings (SSSR count). The molecule has 0 radical (unpaired) electrons. The van der Waals surface area contributed by atoms with Crippen molar-refractivity contribution in [1.82, 2.24) is 0 Å². The zero-order chi connectivity index (χ0) is 10.2. The van der Waals surface area contributed by atoms with E-state index in [9.17, 15) is 0 Å². The Hall–Kier alpha value is -0.890. The third-order valence-electron chi connectivity index (χ3n) is 1.74. The summed E-state index contributed by atoms with van der Waals surface area (Å²) in [5.41, 5.74) is 0. The number of rotatable bonds is 6. The third-order valence-corrected chi connectivity index (χ3v) is 2.59. The highest BCUT2D eigenvalue weighted by molar-refractivity contribution is 8.02. The molecule has 0 heterocycles. The van der Waals surface area contributed by atoms with Crippen LogP contribution in [0, 0.1) is 0 Å². The number of ether oxygens (including phenoxy) is 1. The van der Waals surface area contributed by atoms with Gasteiger partial charge in [-0.05, 0) is 25.1 Å². The van der Waals surface area contributed by atoms with Gasteiger partial charge in [0.15, 0.2) is 5.09 Å². The first-order valence-corrected chi connectivity index (χ1v) is 5.69. The van der Waals surface area contributed by atoms with Crippen molar-refractivity contribution in [1.29, 1.82) is 0 Å². The molecule has 76 valence electrons. The van der Waals surface area contributed by atoms with Gasteiger partial charge in [0, 0.05) is 4.90 Å². The second-order valence-corrected chi connectivity index (χ2v) is 4.12. The van der Waals surface area contributed by atoms with Crippen LogP contribution < -0.4 is 0 Å². The van der Waals surface area contributed by atoms with E-state index in [0.717, 1.165) is 24.5 Å². The van der Waals surface area contributed by atoms with Gasteiger partial charge in [0.25, 0.3) is 0 Å². The van der Waals surface area contributed by atoms with Crippen molar-refractivity contribution < 1.29 is 4.74 Å². The Balaban J connectivity index is 2.27. The first-order valence-electron chi connectivity index (χ1n) is 4.87. The summed E-state index contributed by atoms with van der Waals surface area (Å²) in [4.78, 5) is 1.17. The molecule has 2 heteroatoms. The smallest absolute Gasteiger partial charge is 0.150 e. The average Bonchev–Trinajstić information content (AvgIpc) is 2.20. The number of benzene rings is 1. The summed E-state index contributed by atoms with van der Waals surface area (Å²) in [5, 5.41) is 0.782. The summed E-state index contributed by atoms with van der Waals surface area (Å²) in [6, 6.07) is 10.1. The second kappa shape index (κ2) is 6.55. The first kappa shape index (κ1) is 11.2. The molecule has 1 nitrogen and oxygen atoms in total. The Bertz CT molecular complexity index is 269. The van der Waals surface area contributed by atoms with E-state index in [1.165, 1.54) is 4.90 Å². The summed E-state index contributed by atoms with van der Waals surface area (Å²) in [5.74, 6) is 0. The van der Waals surface area contributed by atoms with E-state index in [1.807, 2.05) is 18.2 Å². The van der Waals surface area contributed by atoms with Crippen molar-refractivity contribution in [2.45, 2.75) is 24.7 Å². The van der Waals surface area contributed by atoms with Crippen molar-refractivity contribution in [3.8, 4) is 0 Å². The van der Waals surface area contributed by atoms with E-state index >= 15 is 0 Å². The molecule has 0 atom stereocenters. The van der Waals surface area contributed by atoms with Gasteiger partial charge in [-0.2, -0.15) is 0 Å². The highest BCUT2D eigenvalue weighted by Crippen LogP contribution is 2.25. The summed E-state index contributed by atoms with van der Waals surface area (Å²) in [6.45, 7) is 6.78. The summed E-state index contributed by atoms with van der Waals surface area (Å²) >= 11 is 1.58. The van der Waals surface area contributed by atoms with Crippen LogP contribution in [-0.2, 0) is 4.74 Å². The van der Waals surface area contributed by atoms with Crippen LogP contribution >= 0.6 is 11.8 Å². The molecular weight excluding hydrogens is 192 g/mol. The van der Waals surface area contributed by atoms with Gasteiger partial charge < -0.3 is 4.74 Å². The Morgan fingerprint density at radius 2 is 2.07 bits per heavy atom. The van der Waals surface area contributed by atoms with Gasteiger partial charge in [-0.3, -0.25) is 0 Å². The highest BCUT2D eigenvalue weighted by atomic mass is 32.2. The molecule has 0 bridgehead atoms. The molecule has 1 aromatic carbocycles. The quantitative estimate of drug-likeness (QED) is 0.396. The third kappa shape index (κ3) is 4.38. The van der Waals surface area contributed by atoms with Crippen molar-refractivity contribution >= 4 is 11.8 Å².